The number of benzene rings is 2. The lowest BCUT2D eigenvalue weighted by Crippen LogP contribution is -2.39. The summed E-state index contributed by atoms with van der Waals surface area (Å²) in [5.41, 5.74) is 0.591. The highest BCUT2D eigenvalue weighted by Gasteiger charge is 2.02. The van der Waals surface area contributed by atoms with E-state index in [1.54, 1.807) is 32.4 Å². The number of rotatable bonds is 7. The molecule has 0 saturated carbocycles. The Morgan fingerprint density at radius 1 is 1.08 bits per heavy atom. The predicted octanol–water partition coefficient (Wildman–Crippen LogP) is 3.20. The lowest BCUT2D eigenvalue weighted by molar-refractivity contribution is 0.319. The topological polar surface area (TPSA) is 54.9 Å². The van der Waals surface area contributed by atoms with E-state index in [1.165, 1.54) is 6.07 Å². The maximum atomic E-state index is 13.6. The summed E-state index contributed by atoms with van der Waals surface area (Å²) in [5, 5.41) is 6.18. The molecule has 0 aliphatic heterocycles. The minimum atomic E-state index is -0.234. The van der Waals surface area contributed by atoms with Crippen molar-refractivity contribution in [2.75, 3.05) is 27.3 Å². The lowest BCUT2D eigenvalue weighted by atomic mass is 10.2. The van der Waals surface area contributed by atoms with Gasteiger partial charge >= 0.3 is 0 Å². The van der Waals surface area contributed by atoms with E-state index in [0.717, 1.165) is 11.5 Å². The van der Waals surface area contributed by atoms with Crippen LogP contribution in [0.15, 0.2) is 53.5 Å². The van der Waals surface area contributed by atoms with Gasteiger partial charge in [-0.1, -0.05) is 24.3 Å². The first-order valence-corrected chi connectivity index (χ1v) is 7.67. The first kappa shape index (κ1) is 21.0. The molecule has 0 radical (unpaired) electrons. The van der Waals surface area contributed by atoms with Crippen LogP contribution in [0, 0.1) is 5.82 Å². The summed E-state index contributed by atoms with van der Waals surface area (Å²) in [7, 11) is 3.28. The zero-order valence-corrected chi connectivity index (χ0v) is 16.6. The molecule has 2 aromatic carbocycles. The van der Waals surface area contributed by atoms with Crippen LogP contribution in [-0.4, -0.2) is 33.3 Å². The van der Waals surface area contributed by atoms with Gasteiger partial charge in [-0.25, -0.2) is 4.39 Å². The first-order chi connectivity index (χ1) is 11.7. The monoisotopic (exact) mass is 459 g/mol. The second-order valence-corrected chi connectivity index (χ2v) is 4.97. The molecule has 25 heavy (non-hydrogen) atoms. The fourth-order valence-corrected chi connectivity index (χ4v) is 2.07. The molecule has 0 aromatic heterocycles. The molecule has 136 valence electrons. The van der Waals surface area contributed by atoms with Crippen molar-refractivity contribution in [3.8, 4) is 11.5 Å². The van der Waals surface area contributed by atoms with Crippen molar-refractivity contribution in [1.82, 2.24) is 10.6 Å². The molecule has 0 aliphatic carbocycles. The smallest absolute Gasteiger partial charge is 0.191 e. The summed E-state index contributed by atoms with van der Waals surface area (Å²) in [6.07, 6.45) is 0. The highest BCUT2D eigenvalue weighted by Crippen LogP contribution is 2.18. The van der Waals surface area contributed by atoms with Gasteiger partial charge in [0.15, 0.2) is 5.96 Å². The summed E-state index contributed by atoms with van der Waals surface area (Å²) >= 11 is 0. The summed E-state index contributed by atoms with van der Waals surface area (Å²) in [5.74, 6) is 1.85. The standard InChI is InChI=1S/C18H22FN3O2.HI/c1-20-18(22-13-14-6-3-4-9-17(14)19)21-10-11-24-16-8-5-7-15(12-16)23-2;/h3-9,12H,10-11,13H2,1-2H3,(H2,20,21,22);1H. The van der Waals surface area contributed by atoms with E-state index >= 15 is 0 Å². The molecule has 0 aliphatic rings. The SMILES string of the molecule is CN=C(NCCOc1cccc(OC)c1)NCc1ccccc1F.I. The molecule has 0 unspecified atom stereocenters. The fraction of sp³-hybridized carbons (Fsp3) is 0.278. The molecule has 2 rings (SSSR count). The number of hydrogen-bond acceptors (Lipinski definition) is 3. The molecule has 0 heterocycles. The van der Waals surface area contributed by atoms with E-state index < -0.39 is 0 Å². The molecule has 0 atom stereocenters. The molecular weight excluding hydrogens is 436 g/mol. The van der Waals surface area contributed by atoms with Gasteiger partial charge in [-0.2, -0.15) is 0 Å². The quantitative estimate of drug-likeness (QED) is 0.289. The summed E-state index contributed by atoms with van der Waals surface area (Å²) < 4.78 is 24.4. The molecule has 5 nitrogen and oxygen atoms in total. The lowest BCUT2D eigenvalue weighted by Gasteiger charge is -2.13. The number of ether oxygens (including phenoxy) is 2. The Hall–Kier alpha value is -2.03. The zero-order valence-electron chi connectivity index (χ0n) is 14.3. The van der Waals surface area contributed by atoms with Gasteiger partial charge < -0.3 is 20.1 Å². The van der Waals surface area contributed by atoms with E-state index in [1.807, 2.05) is 24.3 Å². The molecule has 0 spiro atoms. The highest BCUT2D eigenvalue weighted by atomic mass is 127. The molecule has 0 saturated heterocycles. The molecule has 2 N–H and O–H groups in total. The Morgan fingerprint density at radius 2 is 1.84 bits per heavy atom. The summed E-state index contributed by atoms with van der Waals surface area (Å²) in [6.45, 7) is 1.39. The van der Waals surface area contributed by atoms with Crippen LogP contribution in [0.3, 0.4) is 0 Å². The largest absolute Gasteiger partial charge is 0.497 e. The molecule has 2 aromatic rings. The second-order valence-electron chi connectivity index (χ2n) is 4.97. The van der Waals surface area contributed by atoms with Gasteiger partial charge in [0, 0.05) is 25.2 Å². The van der Waals surface area contributed by atoms with Crippen molar-refractivity contribution >= 4 is 29.9 Å². The fourth-order valence-electron chi connectivity index (χ4n) is 2.07. The Balaban J connectivity index is 0.00000312. The minimum absolute atomic E-state index is 0. The van der Waals surface area contributed by atoms with Gasteiger partial charge in [-0.05, 0) is 18.2 Å². The van der Waals surface area contributed by atoms with E-state index in [4.69, 9.17) is 9.47 Å². The van der Waals surface area contributed by atoms with Crippen LogP contribution in [-0.2, 0) is 6.54 Å². The third-order valence-electron chi connectivity index (χ3n) is 3.33. The zero-order chi connectivity index (χ0) is 17.2. The van der Waals surface area contributed by atoms with Crippen LogP contribution >= 0.6 is 24.0 Å². The molecule has 0 fully saturated rings. The molecule has 0 amide bonds. The average Bonchev–Trinajstić information content (AvgIpc) is 2.62. The summed E-state index contributed by atoms with van der Waals surface area (Å²) in [4.78, 5) is 4.10. The van der Waals surface area contributed by atoms with Crippen LogP contribution in [0.25, 0.3) is 0 Å². The van der Waals surface area contributed by atoms with E-state index in [0.29, 0.717) is 31.2 Å². The van der Waals surface area contributed by atoms with Gasteiger partial charge in [-0.15, -0.1) is 24.0 Å². The third kappa shape index (κ3) is 7.16. The Labute approximate surface area is 164 Å². The Bertz CT molecular complexity index is 683. The predicted molar refractivity (Wildman–Crippen MR) is 109 cm³/mol. The number of guanidine groups is 1. The van der Waals surface area contributed by atoms with Gasteiger partial charge in [0.05, 0.1) is 13.7 Å². The maximum Gasteiger partial charge on any atom is 0.191 e. The highest BCUT2D eigenvalue weighted by molar-refractivity contribution is 14.0. The van der Waals surface area contributed by atoms with Crippen LogP contribution in [0.5, 0.6) is 11.5 Å². The van der Waals surface area contributed by atoms with E-state index in [-0.39, 0.29) is 29.8 Å². The van der Waals surface area contributed by atoms with Crippen molar-refractivity contribution < 1.29 is 13.9 Å². The second kappa shape index (κ2) is 11.5. The number of aliphatic imine (C=N–C) groups is 1. The van der Waals surface area contributed by atoms with Gasteiger partial charge in [-0.3, -0.25) is 4.99 Å². The third-order valence-corrected chi connectivity index (χ3v) is 3.33. The molecule has 0 bridgehead atoms. The average molecular weight is 459 g/mol. The first-order valence-electron chi connectivity index (χ1n) is 7.67. The molecule has 7 heteroatoms. The number of nitrogens with zero attached hydrogens (tertiary/aromatic N) is 1. The van der Waals surface area contributed by atoms with Crippen molar-refractivity contribution in [3.05, 3.63) is 59.9 Å². The van der Waals surface area contributed by atoms with Crippen LogP contribution in [0.2, 0.25) is 0 Å². The van der Waals surface area contributed by atoms with Crippen LogP contribution in [0.4, 0.5) is 4.39 Å². The van der Waals surface area contributed by atoms with Crippen LogP contribution in [0.1, 0.15) is 5.56 Å². The van der Waals surface area contributed by atoms with E-state index in [2.05, 4.69) is 15.6 Å². The molecular formula is C18H23FIN3O2. The Morgan fingerprint density at radius 3 is 2.56 bits per heavy atom. The normalized spacial score (nSPS) is 10.6. The minimum Gasteiger partial charge on any atom is -0.497 e. The number of hydrogen-bond donors (Lipinski definition) is 2. The Kier molecular flexibility index (Phi) is 9.68. The summed E-state index contributed by atoms with van der Waals surface area (Å²) in [6, 6.07) is 14.1. The number of halogens is 2. The van der Waals surface area contributed by atoms with Crippen LogP contribution < -0.4 is 20.1 Å². The number of nitrogens with one attached hydrogen (secondary N) is 2. The van der Waals surface area contributed by atoms with Crippen molar-refractivity contribution in [2.45, 2.75) is 6.54 Å². The van der Waals surface area contributed by atoms with E-state index in [9.17, 15) is 4.39 Å². The number of methoxy groups -OCH3 is 1. The van der Waals surface area contributed by atoms with Gasteiger partial charge in [0.2, 0.25) is 0 Å². The van der Waals surface area contributed by atoms with Crippen molar-refractivity contribution in [2.24, 2.45) is 4.99 Å². The van der Waals surface area contributed by atoms with Gasteiger partial charge in [0.1, 0.15) is 23.9 Å². The van der Waals surface area contributed by atoms with Crippen molar-refractivity contribution in [3.63, 3.8) is 0 Å². The van der Waals surface area contributed by atoms with Crippen molar-refractivity contribution in [1.29, 1.82) is 0 Å². The maximum absolute atomic E-state index is 13.6. The van der Waals surface area contributed by atoms with Gasteiger partial charge in [0.25, 0.3) is 0 Å².